The van der Waals surface area contributed by atoms with Gasteiger partial charge in [-0.1, -0.05) is 6.07 Å². The molecule has 1 saturated heterocycles. The van der Waals surface area contributed by atoms with Crippen LogP contribution in [0.4, 0.5) is 0 Å². The number of nitrogens with two attached hydrogens (primary N) is 1. The summed E-state index contributed by atoms with van der Waals surface area (Å²) in [7, 11) is 0. The highest BCUT2D eigenvalue weighted by atomic mass is 16.2. The van der Waals surface area contributed by atoms with Gasteiger partial charge in [0.1, 0.15) is 0 Å². The van der Waals surface area contributed by atoms with Crippen LogP contribution in [0.1, 0.15) is 25.3 Å². The van der Waals surface area contributed by atoms with Gasteiger partial charge in [-0.25, -0.2) is 0 Å². The predicted molar refractivity (Wildman–Crippen MR) is 70.9 cm³/mol. The Balaban J connectivity index is 1.99. The molecule has 0 radical (unpaired) electrons. The lowest BCUT2D eigenvalue weighted by Gasteiger charge is -2.37. The third-order valence-corrected chi connectivity index (χ3v) is 3.71. The average molecular weight is 247 g/mol. The Hall–Kier alpha value is -1.42. The number of rotatable bonds is 3. The molecule has 1 amide bonds. The molecule has 4 nitrogen and oxygen atoms in total. The molecule has 0 aliphatic carbocycles. The Morgan fingerprint density at radius 2 is 2.39 bits per heavy atom. The van der Waals surface area contributed by atoms with Gasteiger partial charge in [-0.15, -0.1) is 0 Å². The van der Waals surface area contributed by atoms with Crippen molar-refractivity contribution in [2.45, 2.75) is 32.2 Å². The molecule has 0 saturated carbocycles. The molecule has 1 fully saturated rings. The zero-order valence-electron chi connectivity index (χ0n) is 10.9. The van der Waals surface area contributed by atoms with Crippen molar-refractivity contribution in [1.29, 1.82) is 0 Å². The molecule has 18 heavy (non-hydrogen) atoms. The fraction of sp³-hybridized carbons (Fsp3) is 0.571. The van der Waals surface area contributed by atoms with E-state index >= 15 is 0 Å². The van der Waals surface area contributed by atoms with E-state index in [2.05, 4.69) is 11.9 Å². The van der Waals surface area contributed by atoms with E-state index in [1.165, 1.54) is 0 Å². The molecule has 2 rings (SSSR count). The molecule has 2 atom stereocenters. The molecular formula is C14H21N3O. The largest absolute Gasteiger partial charge is 0.339 e. The molecule has 1 aliphatic heterocycles. The first-order valence-electron chi connectivity index (χ1n) is 6.59. The van der Waals surface area contributed by atoms with Gasteiger partial charge in [-0.3, -0.25) is 9.78 Å². The summed E-state index contributed by atoms with van der Waals surface area (Å²) < 4.78 is 0. The molecule has 1 aromatic heterocycles. The van der Waals surface area contributed by atoms with Gasteiger partial charge in [0.25, 0.3) is 0 Å². The van der Waals surface area contributed by atoms with Crippen molar-refractivity contribution in [3.05, 3.63) is 30.1 Å². The van der Waals surface area contributed by atoms with Gasteiger partial charge in [0.05, 0.1) is 6.42 Å². The Morgan fingerprint density at radius 1 is 1.56 bits per heavy atom. The maximum absolute atomic E-state index is 12.3. The minimum absolute atomic E-state index is 0.189. The van der Waals surface area contributed by atoms with E-state index in [9.17, 15) is 4.79 Å². The van der Waals surface area contributed by atoms with Gasteiger partial charge in [0, 0.05) is 25.0 Å². The molecule has 0 bridgehead atoms. The number of carbonyl (C=O) groups excluding carboxylic acids is 1. The van der Waals surface area contributed by atoms with Crippen molar-refractivity contribution in [2.75, 3.05) is 13.1 Å². The monoisotopic (exact) mass is 247 g/mol. The van der Waals surface area contributed by atoms with E-state index in [0.717, 1.165) is 24.9 Å². The standard InChI is InChI=1S/C14H21N3O/c1-11-4-5-13(8-15)10-17(11)14(18)7-12-3-2-6-16-9-12/h2-3,6,9,11,13H,4-5,7-8,10,15H2,1H3. The number of likely N-dealkylation sites (tertiary alicyclic amines) is 1. The highest BCUT2D eigenvalue weighted by Crippen LogP contribution is 2.21. The topological polar surface area (TPSA) is 59.2 Å². The van der Waals surface area contributed by atoms with E-state index in [4.69, 9.17) is 5.73 Å². The number of aromatic nitrogens is 1. The van der Waals surface area contributed by atoms with Crippen molar-refractivity contribution >= 4 is 5.91 Å². The molecule has 0 spiro atoms. The number of piperidine rings is 1. The minimum atomic E-state index is 0.189. The van der Waals surface area contributed by atoms with Crippen LogP contribution in [0.2, 0.25) is 0 Å². The molecule has 1 aromatic rings. The normalized spacial score (nSPS) is 24.0. The van der Waals surface area contributed by atoms with Gasteiger partial charge in [0.2, 0.25) is 5.91 Å². The van der Waals surface area contributed by atoms with Crippen LogP contribution in [0, 0.1) is 5.92 Å². The van der Waals surface area contributed by atoms with Gasteiger partial charge < -0.3 is 10.6 Å². The van der Waals surface area contributed by atoms with Crippen molar-refractivity contribution in [1.82, 2.24) is 9.88 Å². The van der Waals surface area contributed by atoms with Crippen LogP contribution < -0.4 is 5.73 Å². The summed E-state index contributed by atoms with van der Waals surface area (Å²) in [6.07, 6.45) is 6.11. The first-order valence-corrected chi connectivity index (χ1v) is 6.59. The quantitative estimate of drug-likeness (QED) is 0.873. The third-order valence-electron chi connectivity index (χ3n) is 3.71. The number of pyridine rings is 1. The number of nitrogens with zero attached hydrogens (tertiary/aromatic N) is 2. The molecule has 4 heteroatoms. The lowest BCUT2D eigenvalue weighted by Crippen LogP contribution is -2.47. The molecule has 98 valence electrons. The Morgan fingerprint density at radius 3 is 3.06 bits per heavy atom. The smallest absolute Gasteiger partial charge is 0.227 e. The molecular weight excluding hydrogens is 226 g/mol. The van der Waals surface area contributed by atoms with Gasteiger partial charge in [-0.05, 0) is 43.9 Å². The number of amides is 1. The lowest BCUT2D eigenvalue weighted by atomic mass is 9.93. The third kappa shape index (κ3) is 3.07. The average Bonchev–Trinajstić information content (AvgIpc) is 2.40. The summed E-state index contributed by atoms with van der Waals surface area (Å²) in [4.78, 5) is 18.3. The van der Waals surface area contributed by atoms with Crippen molar-refractivity contribution in [2.24, 2.45) is 11.7 Å². The van der Waals surface area contributed by atoms with Crippen LogP contribution in [-0.4, -0.2) is 34.9 Å². The van der Waals surface area contributed by atoms with Crippen LogP contribution in [-0.2, 0) is 11.2 Å². The van der Waals surface area contributed by atoms with Crippen LogP contribution >= 0.6 is 0 Å². The highest BCUT2D eigenvalue weighted by molar-refractivity contribution is 5.79. The van der Waals surface area contributed by atoms with E-state index in [-0.39, 0.29) is 5.91 Å². The van der Waals surface area contributed by atoms with Crippen LogP contribution in [0.25, 0.3) is 0 Å². The second kappa shape index (κ2) is 5.96. The van der Waals surface area contributed by atoms with Gasteiger partial charge in [-0.2, -0.15) is 0 Å². The fourth-order valence-corrected chi connectivity index (χ4v) is 2.50. The van der Waals surface area contributed by atoms with E-state index < -0.39 is 0 Å². The summed E-state index contributed by atoms with van der Waals surface area (Å²) in [6.45, 7) is 3.59. The van der Waals surface area contributed by atoms with E-state index in [1.54, 1.807) is 12.4 Å². The second-order valence-corrected chi connectivity index (χ2v) is 5.11. The lowest BCUT2D eigenvalue weighted by molar-refractivity contribution is -0.134. The zero-order chi connectivity index (χ0) is 13.0. The number of carbonyl (C=O) groups is 1. The SMILES string of the molecule is CC1CCC(CN)CN1C(=O)Cc1cccnc1. The molecule has 2 unspecified atom stereocenters. The van der Waals surface area contributed by atoms with Crippen LogP contribution in [0.15, 0.2) is 24.5 Å². The zero-order valence-corrected chi connectivity index (χ0v) is 10.9. The Bertz CT molecular complexity index is 393. The van der Waals surface area contributed by atoms with E-state index in [1.807, 2.05) is 17.0 Å². The maximum Gasteiger partial charge on any atom is 0.227 e. The Labute approximate surface area is 108 Å². The van der Waals surface area contributed by atoms with Gasteiger partial charge >= 0.3 is 0 Å². The molecule has 2 N–H and O–H groups in total. The second-order valence-electron chi connectivity index (χ2n) is 5.11. The molecule has 2 heterocycles. The first kappa shape index (κ1) is 13.0. The molecule has 1 aliphatic rings. The first-order chi connectivity index (χ1) is 8.70. The fourth-order valence-electron chi connectivity index (χ4n) is 2.50. The van der Waals surface area contributed by atoms with Crippen molar-refractivity contribution < 1.29 is 4.79 Å². The maximum atomic E-state index is 12.3. The van der Waals surface area contributed by atoms with E-state index in [0.29, 0.717) is 24.9 Å². The summed E-state index contributed by atoms with van der Waals surface area (Å²) in [5, 5.41) is 0. The van der Waals surface area contributed by atoms with Crippen LogP contribution in [0.5, 0.6) is 0 Å². The number of hydrogen-bond acceptors (Lipinski definition) is 3. The summed E-state index contributed by atoms with van der Waals surface area (Å²) in [6, 6.07) is 4.14. The number of hydrogen-bond donors (Lipinski definition) is 1. The van der Waals surface area contributed by atoms with Crippen molar-refractivity contribution in [3.8, 4) is 0 Å². The highest BCUT2D eigenvalue weighted by Gasteiger charge is 2.28. The van der Waals surface area contributed by atoms with Crippen LogP contribution in [0.3, 0.4) is 0 Å². The van der Waals surface area contributed by atoms with Gasteiger partial charge in [0.15, 0.2) is 0 Å². The summed E-state index contributed by atoms with van der Waals surface area (Å²) in [5.41, 5.74) is 6.69. The molecule has 0 aromatic carbocycles. The summed E-state index contributed by atoms with van der Waals surface area (Å²) in [5.74, 6) is 0.646. The summed E-state index contributed by atoms with van der Waals surface area (Å²) >= 11 is 0. The minimum Gasteiger partial charge on any atom is -0.339 e. The van der Waals surface area contributed by atoms with Crippen molar-refractivity contribution in [3.63, 3.8) is 0 Å². The predicted octanol–water partition coefficient (Wildman–Crippen LogP) is 1.21. The Kier molecular flexibility index (Phi) is 4.31.